The van der Waals surface area contributed by atoms with E-state index >= 15 is 0 Å². The highest BCUT2D eigenvalue weighted by molar-refractivity contribution is 6.28. The first kappa shape index (κ1) is 11.9. The fourth-order valence-corrected chi connectivity index (χ4v) is 2.02. The topological polar surface area (TPSA) is 66.5 Å². The van der Waals surface area contributed by atoms with Crippen molar-refractivity contribution in [2.24, 2.45) is 0 Å². The molecule has 0 aliphatic heterocycles. The smallest absolute Gasteiger partial charge is 0.226 e. The summed E-state index contributed by atoms with van der Waals surface area (Å²) in [5.74, 6) is 0.663. The number of imidazole rings is 1. The second kappa shape index (κ2) is 4.81. The van der Waals surface area contributed by atoms with E-state index < -0.39 is 0 Å². The van der Waals surface area contributed by atoms with E-state index in [1.165, 1.54) is 5.54 Å². The molecular weight excluding hydrogens is 269 g/mol. The molecule has 3 rings (SSSR count). The highest BCUT2D eigenvalue weighted by atomic mass is 35.5. The standard InChI is InChI=1S/C12H9ClFN5/c13-12-17-10-9(11(18-12)19-14)15-8(16-10)6-7-4-2-1-3-5-7/h1-5H,6H2,(H2,15,16,17,18,19). The summed E-state index contributed by atoms with van der Waals surface area (Å²) in [6.45, 7) is 0. The van der Waals surface area contributed by atoms with E-state index in [1.807, 2.05) is 30.3 Å². The number of aromatic amines is 1. The van der Waals surface area contributed by atoms with Gasteiger partial charge in [-0.3, -0.25) is 0 Å². The lowest BCUT2D eigenvalue weighted by atomic mass is 10.1. The molecule has 2 N–H and O–H groups in total. The predicted molar refractivity (Wildman–Crippen MR) is 70.7 cm³/mol. The van der Waals surface area contributed by atoms with Crippen LogP contribution in [0, 0.1) is 0 Å². The van der Waals surface area contributed by atoms with Gasteiger partial charge in [0.15, 0.2) is 11.5 Å². The molecule has 1 aromatic carbocycles. The second-order valence-corrected chi connectivity index (χ2v) is 4.32. The number of nitrogens with one attached hydrogen (secondary N) is 2. The zero-order valence-electron chi connectivity index (χ0n) is 9.69. The molecule has 96 valence electrons. The Morgan fingerprint density at radius 2 is 1.95 bits per heavy atom. The molecule has 0 amide bonds. The molecule has 0 saturated carbocycles. The number of halogens is 2. The number of H-pyrrole nitrogens is 1. The Labute approximate surface area is 112 Å². The minimum Gasteiger partial charge on any atom is -0.337 e. The first-order valence-electron chi connectivity index (χ1n) is 5.59. The van der Waals surface area contributed by atoms with Crippen LogP contribution in [0.2, 0.25) is 5.28 Å². The molecule has 7 heteroatoms. The summed E-state index contributed by atoms with van der Waals surface area (Å²) >= 11 is 5.69. The van der Waals surface area contributed by atoms with Crippen LogP contribution in [0.1, 0.15) is 11.4 Å². The monoisotopic (exact) mass is 277 g/mol. The van der Waals surface area contributed by atoms with E-state index in [4.69, 9.17) is 11.6 Å². The van der Waals surface area contributed by atoms with Crippen LogP contribution in [0.3, 0.4) is 0 Å². The van der Waals surface area contributed by atoms with Crippen molar-refractivity contribution in [3.8, 4) is 0 Å². The maximum Gasteiger partial charge on any atom is 0.226 e. The Kier molecular flexibility index (Phi) is 3.00. The second-order valence-electron chi connectivity index (χ2n) is 3.98. The Morgan fingerprint density at radius 3 is 2.68 bits per heavy atom. The van der Waals surface area contributed by atoms with Gasteiger partial charge in [0, 0.05) is 6.42 Å². The Balaban J connectivity index is 2.02. The molecule has 0 bridgehead atoms. The Hall–Kier alpha value is -2.21. The fourth-order valence-electron chi connectivity index (χ4n) is 1.86. The van der Waals surface area contributed by atoms with Crippen LogP contribution in [0.15, 0.2) is 30.3 Å². The lowest BCUT2D eigenvalue weighted by Gasteiger charge is -1.97. The molecule has 0 spiro atoms. The van der Waals surface area contributed by atoms with Gasteiger partial charge < -0.3 is 4.98 Å². The van der Waals surface area contributed by atoms with Crippen LogP contribution in [0.25, 0.3) is 11.2 Å². The number of rotatable bonds is 3. The van der Waals surface area contributed by atoms with Gasteiger partial charge in [-0.1, -0.05) is 30.3 Å². The molecule has 2 heterocycles. The summed E-state index contributed by atoms with van der Waals surface area (Å²) in [5, 5.41) is -0.0505. The molecule has 0 atom stereocenters. The maximum absolute atomic E-state index is 12.6. The molecule has 5 nitrogen and oxygen atoms in total. The number of nitrogens with zero attached hydrogens (tertiary/aromatic N) is 3. The van der Waals surface area contributed by atoms with Crippen LogP contribution in [0.4, 0.5) is 10.3 Å². The van der Waals surface area contributed by atoms with Crippen molar-refractivity contribution in [1.82, 2.24) is 19.9 Å². The van der Waals surface area contributed by atoms with Gasteiger partial charge in [0.05, 0.1) is 0 Å². The average Bonchev–Trinajstić information content (AvgIpc) is 2.81. The molecule has 0 aliphatic rings. The molecular formula is C12H9ClFN5. The van der Waals surface area contributed by atoms with Crippen LogP contribution in [0.5, 0.6) is 0 Å². The molecule has 0 saturated heterocycles. The Bertz CT molecular complexity index is 713. The van der Waals surface area contributed by atoms with Gasteiger partial charge in [0.2, 0.25) is 5.28 Å². The zero-order chi connectivity index (χ0) is 13.2. The Morgan fingerprint density at radius 1 is 1.16 bits per heavy atom. The minimum atomic E-state index is -0.0505. The van der Waals surface area contributed by atoms with Crippen molar-refractivity contribution < 1.29 is 4.48 Å². The van der Waals surface area contributed by atoms with Gasteiger partial charge in [-0.2, -0.15) is 9.97 Å². The molecule has 0 fully saturated rings. The first-order valence-corrected chi connectivity index (χ1v) is 5.97. The van der Waals surface area contributed by atoms with Crippen molar-refractivity contribution >= 4 is 28.6 Å². The zero-order valence-corrected chi connectivity index (χ0v) is 10.4. The van der Waals surface area contributed by atoms with Gasteiger partial charge in [-0.15, -0.1) is 4.48 Å². The maximum atomic E-state index is 12.6. The van der Waals surface area contributed by atoms with Gasteiger partial charge in [-0.05, 0) is 17.2 Å². The van der Waals surface area contributed by atoms with Gasteiger partial charge >= 0.3 is 0 Å². The van der Waals surface area contributed by atoms with E-state index in [-0.39, 0.29) is 11.1 Å². The lowest BCUT2D eigenvalue weighted by Crippen LogP contribution is -1.92. The van der Waals surface area contributed by atoms with E-state index in [0.29, 0.717) is 23.4 Å². The van der Waals surface area contributed by atoms with Crippen molar-refractivity contribution in [2.75, 3.05) is 5.54 Å². The molecule has 0 radical (unpaired) electrons. The summed E-state index contributed by atoms with van der Waals surface area (Å²) in [6, 6.07) is 9.81. The summed E-state index contributed by atoms with van der Waals surface area (Å²) in [5.41, 5.74) is 3.31. The van der Waals surface area contributed by atoms with E-state index in [1.54, 1.807) is 0 Å². The quantitative estimate of drug-likeness (QED) is 0.571. The van der Waals surface area contributed by atoms with Crippen molar-refractivity contribution in [3.63, 3.8) is 0 Å². The third-order valence-electron chi connectivity index (χ3n) is 2.68. The van der Waals surface area contributed by atoms with Crippen molar-refractivity contribution in [2.45, 2.75) is 6.42 Å². The molecule has 0 aliphatic carbocycles. The van der Waals surface area contributed by atoms with Gasteiger partial charge in [-0.25, -0.2) is 10.5 Å². The highest BCUT2D eigenvalue weighted by Gasteiger charge is 2.12. The number of fused-ring (bicyclic) bond motifs is 1. The lowest BCUT2D eigenvalue weighted by molar-refractivity contribution is 0.613. The van der Waals surface area contributed by atoms with Gasteiger partial charge in [0.25, 0.3) is 0 Å². The average molecular weight is 278 g/mol. The van der Waals surface area contributed by atoms with E-state index in [9.17, 15) is 4.48 Å². The first-order chi connectivity index (χ1) is 9.26. The van der Waals surface area contributed by atoms with Crippen LogP contribution in [-0.4, -0.2) is 19.9 Å². The number of hydrogen-bond donors (Lipinski definition) is 2. The summed E-state index contributed by atoms with van der Waals surface area (Å²) in [7, 11) is 0. The van der Waals surface area contributed by atoms with Crippen molar-refractivity contribution in [3.05, 3.63) is 47.0 Å². The van der Waals surface area contributed by atoms with E-state index in [2.05, 4.69) is 19.9 Å². The number of anilines is 1. The summed E-state index contributed by atoms with van der Waals surface area (Å²) in [4.78, 5) is 15.0. The van der Waals surface area contributed by atoms with E-state index in [0.717, 1.165) is 5.56 Å². The molecule has 0 unspecified atom stereocenters. The van der Waals surface area contributed by atoms with Crippen LogP contribution in [-0.2, 0) is 6.42 Å². The minimum absolute atomic E-state index is 0.0122. The summed E-state index contributed by atoms with van der Waals surface area (Å²) < 4.78 is 12.6. The highest BCUT2D eigenvalue weighted by Crippen LogP contribution is 2.21. The van der Waals surface area contributed by atoms with Gasteiger partial charge in [0.1, 0.15) is 11.3 Å². The van der Waals surface area contributed by atoms with Crippen molar-refractivity contribution in [1.29, 1.82) is 0 Å². The third-order valence-corrected chi connectivity index (χ3v) is 2.85. The number of hydrogen-bond acceptors (Lipinski definition) is 4. The molecule has 3 aromatic rings. The third kappa shape index (κ3) is 2.34. The van der Waals surface area contributed by atoms with Crippen LogP contribution >= 0.6 is 11.6 Å². The molecule has 19 heavy (non-hydrogen) atoms. The fraction of sp³-hybridized carbons (Fsp3) is 0.0833. The summed E-state index contributed by atoms with van der Waals surface area (Å²) in [6.07, 6.45) is 0.598. The number of aromatic nitrogens is 4. The molecule has 2 aromatic heterocycles. The largest absolute Gasteiger partial charge is 0.337 e. The number of benzene rings is 1. The van der Waals surface area contributed by atoms with Crippen LogP contribution < -0.4 is 5.54 Å². The SMILES string of the molecule is FNc1nc(Cl)nc2nc(Cc3ccccc3)[nH]c12. The normalized spacial score (nSPS) is 10.8. The predicted octanol–water partition coefficient (Wildman–Crippen LogP) is 2.89.